The molecule has 2 rings (SSSR count). The van der Waals surface area contributed by atoms with Crippen LogP contribution in [0, 0.1) is 5.92 Å². The number of alkyl carbamates (subject to hydrolysis) is 1. The topological polar surface area (TPSA) is 111 Å². The van der Waals surface area contributed by atoms with Crippen LogP contribution in [0.3, 0.4) is 0 Å². The van der Waals surface area contributed by atoms with Crippen LogP contribution in [-0.2, 0) is 25.7 Å². The van der Waals surface area contributed by atoms with Crippen LogP contribution in [-0.4, -0.2) is 66.7 Å². The zero-order valence-electron chi connectivity index (χ0n) is 18.8. The SMILES string of the molecule is CC(=O)OCCC1CCN(C(=O)C(N)CSCCCNC(=O)OCc2ccccc2)CC1. The molecule has 9 heteroatoms. The highest BCUT2D eigenvalue weighted by molar-refractivity contribution is 7.99. The fourth-order valence-electron chi connectivity index (χ4n) is 3.47. The predicted molar refractivity (Wildman–Crippen MR) is 125 cm³/mol. The number of thioether (sulfide) groups is 1. The molecule has 32 heavy (non-hydrogen) atoms. The van der Waals surface area contributed by atoms with Crippen molar-refractivity contribution in [2.24, 2.45) is 11.7 Å². The van der Waals surface area contributed by atoms with Crippen LogP contribution in [0.2, 0.25) is 0 Å². The quantitative estimate of drug-likeness (QED) is 0.360. The summed E-state index contributed by atoms with van der Waals surface area (Å²) in [6, 6.07) is 9.02. The van der Waals surface area contributed by atoms with Gasteiger partial charge in [0.15, 0.2) is 0 Å². The number of rotatable bonds is 12. The lowest BCUT2D eigenvalue weighted by Gasteiger charge is -2.33. The van der Waals surface area contributed by atoms with E-state index in [1.54, 1.807) is 11.8 Å². The molecule has 3 N–H and O–H groups in total. The molecule has 1 aliphatic heterocycles. The molecule has 8 nitrogen and oxygen atoms in total. The van der Waals surface area contributed by atoms with E-state index in [0.29, 0.717) is 37.9 Å². The molecule has 0 bridgehead atoms. The molecular weight excluding hydrogens is 430 g/mol. The number of likely N-dealkylation sites (tertiary alicyclic amines) is 1. The summed E-state index contributed by atoms with van der Waals surface area (Å²) in [5.41, 5.74) is 7.04. The molecule has 0 aromatic heterocycles. The minimum Gasteiger partial charge on any atom is -0.466 e. The van der Waals surface area contributed by atoms with Crippen molar-refractivity contribution < 1.29 is 23.9 Å². The number of benzene rings is 1. The molecular formula is C23H35N3O5S. The van der Waals surface area contributed by atoms with Gasteiger partial charge in [0.2, 0.25) is 5.91 Å². The van der Waals surface area contributed by atoms with Crippen LogP contribution in [0.25, 0.3) is 0 Å². The smallest absolute Gasteiger partial charge is 0.407 e. The zero-order valence-corrected chi connectivity index (χ0v) is 19.6. The molecule has 1 aromatic rings. The number of carbonyl (C=O) groups excluding carboxylic acids is 3. The van der Waals surface area contributed by atoms with Gasteiger partial charge in [-0.2, -0.15) is 11.8 Å². The first kappa shape index (κ1) is 26.0. The summed E-state index contributed by atoms with van der Waals surface area (Å²) >= 11 is 1.62. The van der Waals surface area contributed by atoms with Crippen molar-refractivity contribution in [1.29, 1.82) is 0 Å². The molecule has 0 radical (unpaired) electrons. The van der Waals surface area contributed by atoms with Crippen LogP contribution in [0.4, 0.5) is 4.79 Å². The van der Waals surface area contributed by atoms with Gasteiger partial charge in [-0.05, 0) is 42.9 Å². The fourth-order valence-corrected chi connectivity index (χ4v) is 4.38. The van der Waals surface area contributed by atoms with E-state index >= 15 is 0 Å². The normalized spacial score (nSPS) is 15.1. The zero-order chi connectivity index (χ0) is 23.2. The summed E-state index contributed by atoms with van der Waals surface area (Å²) in [5, 5.41) is 2.73. The lowest BCUT2D eigenvalue weighted by Crippen LogP contribution is -2.48. The molecule has 1 saturated heterocycles. The van der Waals surface area contributed by atoms with Gasteiger partial charge in [0.1, 0.15) is 6.61 Å². The van der Waals surface area contributed by atoms with Gasteiger partial charge >= 0.3 is 12.1 Å². The highest BCUT2D eigenvalue weighted by Gasteiger charge is 2.26. The molecule has 1 heterocycles. The van der Waals surface area contributed by atoms with Crippen molar-refractivity contribution in [2.75, 3.05) is 37.7 Å². The van der Waals surface area contributed by atoms with Gasteiger partial charge in [0.05, 0.1) is 12.6 Å². The molecule has 1 atom stereocenters. The van der Waals surface area contributed by atoms with Crippen molar-refractivity contribution in [2.45, 2.75) is 45.3 Å². The summed E-state index contributed by atoms with van der Waals surface area (Å²) < 4.78 is 10.2. The first-order chi connectivity index (χ1) is 15.5. The first-order valence-electron chi connectivity index (χ1n) is 11.2. The standard InChI is InChI=1S/C23H35N3O5S/c1-18(27)30-14-10-19-8-12-26(13-9-19)22(28)21(24)17-32-15-5-11-25-23(29)31-16-20-6-3-2-4-7-20/h2-4,6-7,19,21H,5,8-17,24H2,1H3,(H,25,29). The summed E-state index contributed by atoms with van der Waals surface area (Å²) in [6.07, 6.45) is 3.02. The van der Waals surface area contributed by atoms with Crippen LogP contribution < -0.4 is 11.1 Å². The number of carbonyl (C=O) groups is 3. The van der Waals surface area contributed by atoms with Crippen LogP contribution in [0.15, 0.2) is 30.3 Å². The number of piperidine rings is 1. The number of esters is 1. The summed E-state index contributed by atoms with van der Waals surface area (Å²) in [5.74, 6) is 1.59. The number of nitrogens with zero attached hydrogens (tertiary/aromatic N) is 1. The lowest BCUT2D eigenvalue weighted by atomic mass is 9.93. The predicted octanol–water partition coefficient (Wildman–Crippen LogP) is 2.56. The van der Waals surface area contributed by atoms with Crippen molar-refractivity contribution >= 4 is 29.7 Å². The third-order valence-corrected chi connectivity index (χ3v) is 6.49. The molecule has 0 spiro atoms. The van der Waals surface area contributed by atoms with Gasteiger partial charge < -0.3 is 25.4 Å². The molecule has 1 fully saturated rings. The van der Waals surface area contributed by atoms with Gasteiger partial charge in [-0.1, -0.05) is 30.3 Å². The van der Waals surface area contributed by atoms with Crippen LogP contribution in [0.1, 0.15) is 38.2 Å². The highest BCUT2D eigenvalue weighted by atomic mass is 32.2. The van der Waals surface area contributed by atoms with E-state index in [1.165, 1.54) is 6.92 Å². The van der Waals surface area contributed by atoms with Gasteiger partial charge in [0, 0.05) is 32.3 Å². The number of nitrogens with two attached hydrogens (primary N) is 1. The van der Waals surface area contributed by atoms with Crippen molar-refractivity contribution in [1.82, 2.24) is 10.2 Å². The second-order valence-corrected chi connectivity index (χ2v) is 9.07. The second-order valence-electron chi connectivity index (χ2n) is 7.92. The molecule has 1 unspecified atom stereocenters. The number of amides is 2. The summed E-state index contributed by atoms with van der Waals surface area (Å²) in [7, 11) is 0. The Morgan fingerprint density at radius 1 is 1.19 bits per heavy atom. The minimum atomic E-state index is -0.513. The maximum absolute atomic E-state index is 12.6. The summed E-state index contributed by atoms with van der Waals surface area (Å²) in [6.45, 7) is 4.04. The van der Waals surface area contributed by atoms with E-state index in [1.807, 2.05) is 35.2 Å². The molecule has 0 saturated carbocycles. The molecule has 1 aliphatic rings. The van der Waals surface area contributed by atoms with Crippen LogP contribution in [0.5, 0.6) is 0 Å². The van der Waals surface area contributed by atoms with E-state index in [9.17, 15) is 14.4 Å². The Kier molecular flexibility index (Phi) is 12.0. The monoisotopic (exact) mass is 465 g/mol. The number of hydrogen-bond donors (Lipinski definition) is 2. The van der Waals surface area contributed by atoms with E-state index in [2.05, 4.69) is 5.32 Å². The highest BCUT2D eigenvalue weighted by Crippen LogP contribution is 2.21. The van der Waals surface area contributed by atoms with Gasteiger partial charge in [-0.15, -0.1) is 0 Å². The van der Waals surface area contributed by atoms with Gasteiger partial charge in [0.25, 0.3) is 0 Å². The maximum Gasteiger partial charge on any atom is 0.407 e. The Morgan fingerprint density at radius 3 is 2.59 bits per heavy atom. The van der Waals surface area contributed by atoms with Gasteiger partial charge in [-0.3, -0.25) is 9.59 Å². The van der Waals surface area contributed by atoms with E-state index in [0.717, 1.165) is 37.0 Å². The largest absolute Gasteiger partial charge is 0.466 e. The second kappa shape index (κ2) is 14.7. The van der Waals surface area contributed by atoms with Crippen molar-refractivity contribution in [3.05, 3.63) is 35.9 Å². The Morgan fingerprint density at radius 2 is 1.91 bits per heavy atom. The first-order valence-corrected chi connectivity index (χ1v) is 12.3. The maximum atomic E-state index is 12.6. The Labute approximate surface area is 194 Å². The van der Waals surface area contributed by atoms with Gasteiger partial charge in [-0.25, -0.2) is 4.79 Å². The average Bonchev–Trinajstić information content (AvgIpc) is 2.80. The van der Waals surface area contributed by atoms with Crippen molar-refractivity contribution in [3.8, 4) is 0 Å². The number of hydrogen-bond acceptors (Lipinski definition) is 7. The Bertz CT molecular complexity index is 711. The third kappa shape index (κ3) is 10.4. The van der Waals surface area contributed by atoms with Crippen molar-refractivity contribution in [3.63, 3.8) is 0 Å². The summed E-state index contributed by atoms with van der Waals surface area (Å²) in [4.78, 5) is 36.9. The number of nitrogens with one attached hydrogen (secondary N) is 1. The number of ether oxygens (including phenoxy) is 2. The lowest BCUT2D eigenvalue weighted by molar-refractivity contribution is -0.141. The third-order valence-electron chi connectivity index (χ3n) is 5.32. The molecule has 0 aliphatic carbocycles. The van der Waals surface area contributed by atoms with E-state index in [4.69, 9.17) is 15.2 Å². The molecule has 178 valence electrons. The Hall–Kier alpha value is -2.26. The fraction of sp³-hybridized carbons (Fsp3) is 0.609. The molecule has 1 aromatic carbocycles. The Balaban J connectivity index is 1.49. The molecule has 2 amide bonds. The van der Waals surface area contributed by atoms with E-state index < -0.39 is 12.1 Å². The average molecular weight is 466 g/mol. The minimum absolute atomic E-state index is 0.00134. The van der Waals surface area contributed by atoms with Crippen LogP contribution >= 0.6 is 11.8 Å². The van der Waals surface area contributed by atoms with E-state index in [-0.39, 0.29) is 18.5 Å².